The van der Waals surface area contributed by atoms with Gasteiger partial charge in [0.2, 0.25) is 11.8 Å². The van der Waals surface area contributed by atoms with Crippen LogP contribution in [0, 0.1) is 5.92 Å². The fraction of sp³-hybridized carbons (Fsp3) is 0.414. The number of aromatic amines is 1. The van der Waals surface area contributed by atoms with Gasteiger partial charge in [-0.2, -0.15) is 0 Å². The molecule has 0 unspecified atom stereocenters. The van der Waals surface area contributed by atoms with Gasteiger partial charge < -0.3 is 19.9 Å². The van der Waals surface area contributed by atoms with Crippen molar-refractivity contribution in [2.45, 2.75) is 50.0 Å². The van der Waals surface area contributed by atoms with Gasteiger partial charge in [0.25, 0.3) is 0 Å². The Morgan fingerprint density at radius 3 is 2.53 bits per heavy atom. The molecule has 2 N–H and O–H groups in total. The Balaban J connectivity index is 1.28. The summed E-state index contributed by atoms with van der Waals surface area (Å²) in [5.74, 6) is 1.38. The average molecular weight is 487 g/mol. The van der Waals surface area contributed by atoms with Gasteiger partial charge in [-0.25, -0.2) is 4.98 Å². The summed E-state index contributed by atoms with van der Waals surface area (Å²) in [7, 11) is 1.63. The quantitative estimate of drug-likeness (QED) is 0.433. The minimum atomic E-state index is -0.609. The average Bonchev–Trinajstić information content (AvgIpc) is 3.55. The number of H-pyrrole nitrogens is 1. The number of nitrogens with zero attached hydrogens (tertiary/aromatic N) is 2. The molecular formula is C29H34N4O3. The molecule has 1 aliphatic carbocycles. The van der Waals surface area contributed by atoms with E-state index in [1.165, 1.54) is 18.4 Å². The Morgan fingerprint density at radius 1 is 1.14 bits per heavy atom. The van der Waals surface area contributed by atoms with Crippen molar-refractivity contribution in [1.82, 2.24) is 20.2 Å². The van der Waals surface area contributed by atoms with Crippen LogP contribution in [0.5, 0.6) is 5.75 Å². The van der Waals surface area contributed by atoms with Gasteiger partial charge in [-0.3, -0.25) is 9.59 Å². The number of benzene rings is 2. The second-order valence-corrected chi connectivity index (χ2v) is 10.2. The zero-order valence-electron chi connectivity index (χ0n) is 20.8. The lowest BCUT2D eigenvalue weighted by Gasteiger charge is -2.52. The molecule has 7 heteroatoms. The van der Waals surface area contributed by atoms with Gasteiger partial charge in [0.1, 0.15) is 11.8 Å². The first-order chi connectivity index (χ1) is 17.5. The number of hydrogen-bond donors (Lipinski definition) is 2. The van der Waals surface area contributed by atoms with Crippen molar-refractivity contribution in [2.24, 2.45) is 5.92 Å². The standard InChI is InChI=1S/C29H34N4O3/c1-36-25-12-9-21(10-13-25)15-26(32-27(34)14-11-24-17-30-20-31-24)28(35)33-18-29(19-33,16-22-7-8-22)23-5-3-2-4-6-23/h2-6,9-10,12-13,17,20,22,26H,7-8,11,14-16,18-19H2,1H3,(H,30,31)(H,32,34)/t26-/m1/s1. The Kier molecular flexibility index (Phi) is 7.07. The number of methoxy groups -OCH3 is 1. The number of amides is 2. The van der Waals surface area contributed by atoms with Gasteiger partial charge >= 0.3 is 0 Å². The third-order valence-corrected chi connectivity index (χ3v) is 7.47. The molecule has 3 aromatic rings. The van der Waals surface area contributed by atoms with Gasteiger partial charge in [-0.05, 0) is 42.0 Å². The minimum Gasteiger partial charge on any atom is -0.497 e. The lowest BCUT2D eigenvalue weighted by atomic mass is 9.69. The van der Waals surface area contributed by atoms with Gasteiger partial charge in [-0.1, -0.05) is 55.3 Å². The summed E-state index contributed by atoms with van der Waals surface area (Å²) in [5.41, 5.74) is 3.22. The van der Waals surface area contributed by atoms with Gasteiger partial charge in [0.15, 0.2) is 0 Å². The van der Waals surface area contributed by atoms with E-state index in [1.807, 2.05) is 35.2 Å². The van der Waals surface area contributed by atoms with Gasteiger partial charge in [-0.15, -0.1) is 0 Å². The second kappa shape index (κ2) is 10.6. The molecule has 188 valence electrons. The maximum Gasteiger partial charge on any atom is 0.245 e. The second-order valence-electron chi connectivity index (χ2n) is 10.2. The summed E-state index contributed by atoms with van der Waals surface area (Å²) in [4.78, 5) is 35.5. The fourth-order valence-corrected chi connectivity index (χ4v) is 5.29. The molecule has 36 heavy (non-hydrogen) atoms. The normalized spacial score (nSPS) is 17.2. The molecule has 2 amide bonds. The van der Waals surface area contributed by atoms with Crippen LogP contribution in [0.1, 0.15) is 42.5 Å². The number of ether oxygens (including phenoxy) is 1. The summed E-state index contributed by atoms with van der Waals surface area (Å²) in [5, 5.41) is 3.03. The van der Waals surface area contributed by atoms with Crippen molar-refractivity contribution in [3.63, 3.8) is 0 Å². The van der Waals surface area contributed by atoms with E-state index in [1.54, 1.807) is 19.6 Å². The van der Waals surface area contributed by atoms with Crippen LogP contribution in [-0.4, -0.2) is 52.9 Å². The number of nitrogens with one attached hydrogen (secondary N) is 2. The number of hydrogen-bond acceptors (Lipinski definition) is 4. The fourth-order valence-electron chi connectivity index (χ4n) is 5.29. The first-order valence-corrected chi connectivity index (χ1v) is 12.8. The third kappa shape index (κ3) is 5.61. The summed E-state index contributed by atoms with van der Waals surface area (Å²) >= 11 is 0. The van der Waals surface area contributed by atoms with E-state index < -0.39 is 6.04 Å². The van der Waals surface area contributed by atoms with Crippen molar-refractivity contribution >= 4 is 11.8 Å². The van der Waals surface area contributed by atoms with Crippen molar-refractivity contribution in [2.75, 3.05) is 20.2 Å². The highest BCUT2D eigenvalue weighted by atomic mass is 16.5. The smallest absolute Gasteiger partial charge is 0.245 e. The van der Waals surface area contributed by atoms with Gasteiger partial charge in [0.05, 0.1) is 13.4 Å². The molecular weight excluding hydrogens is 452 g/mol. The highest BCUT2D eigenvalue weighted by Crippen LogP contribution is 2.47. The van der Waals surface area contributed by atoms with E-state index in [4.69, 9.17) is 4.74 Å². The summed E-state index contributed by atoms with van der Waals surface area (Å²) in [6.45, 7) is 1.41. The molecule has 2 heterocycles. The van der Waals surface area contributed by atoms with E-state index in [0.717, 1.165) is 29.3 Å². The van der Waals surface area contributed by atoms with Crippen LogP contribution < -0.4 is 10.1 Å². The molecule has 2 aliphatic rings. The molecule has 5 rings (SSSR count). The summed E-state index contributed by atoms with van der Waals surface area (Å²) in [6.07, 6.45) is 8.31. The van der Waals surface area contributed by atoms with Crippen LogP contribution in [0.2, 0.25) is 0 Å². The van der Waals surface area contributed by atoms with E-state index in [0.29, 0.717) is 32.4 Å². The number of carbonyl (C=O) groups is 2. The van der Waals surface area contributed by atoms with Crippen molar-refractivity contribution in [3.05, 3.63) is 83.9 Å². The lowest BCUT2D eigenvalue weighted by Crippen LogP contribution is -2.65. The van der Waals surface area contributed by atoms with E-state index in [-0.39, 0.29) is 17.2 Å². The van der Waals surface area contributed by atoms with Crippen LogP contribution in [0.25, 0.3) is 0 Å². The zero-order valence-corrected chi connectivity index (χ0v) is 20.8. The molecule has 1 atom stereocenters. The minimum absolute atomic E-state index is 0.0111. The molecule has 2 aromatic carbocycles. The summed E-state index contributed by atoms with van der Waals surface area (Å²) in [6, 6.07) is 17.7. The molecule has 7 nitrogen and oxygen atoms in total. The molecule has 2 fully saturated rings. The van der Waals surface area contributed by atoms with Crippen LogP contribution >= 0.6 is 0 Å². The Labute approximate surface area is 212 Å². The van der Waals surface area contributed by atoms with Crippen LogP contribution in [0.15, 0.2) is 67.1 Å². The van der Waals surface area contributed by atoms with Crippen molar-refractivity contribution < 1.29 is 14.3 Å². The van der Waals surface area contributed by atoms with E-state index in [9.17, 15) is 9.59 Å². The van der Waals surface area contributed by atoms with E-state index >= 15 is 0 Å². The van der Waals surface area contributed by atoms with Crippen molar-refractivity contribution in [3.8, 4) is 5.75 Å². The van der Waals surface area contributed by atoms with E-state index in [2.05, 4.69) is 39.6 Å². The zero-order chi connectivity index (χ0) is 25.0. The van der Waals surface area contributed by atoms with Crippen molar-refractivity contribution in [1.29, 1.82) is 0 Å². The number of rotatable bonds is 11. The van der Waals surface area contributed by atoms with Crippen LogP contribution in [0.3, 0.4) is 0 Å². The molecule has 1 saturated carbocycles. The SMILES string of the molecule is COc1ccc(C[C@@H](NC(=O)CCc2cnc[nH]2)C(=O)N2CC(CC3CC3)(c3ccccc3)C2)cc1. The largest absolute Gasteiger partial charge is 0.497 e. The highest BCUT2D eigenvalue weighted by Gasteiger charge is 2.49. The highest BCUT2D eigenvalue weighted by molar-refractivity contribution is 5.88. The Hall–Kier alpha value is -3.61. The Morgan fingerprint density at radius 2 is 1.89 bits per heavy atom. The molecule has 1 saturated heterocycles. The first-order valence-electron chi connectivity index (χ1n) is 12.8. The third-order valence-electron chi connectivity index (χ3n) is 7.47. The molecule has 1 aromatic heterocycles. The number of likely N-dealkylation sites (tertiary alicyclic amines) is 1. The molecule has 0 spiro atoms. The number of aromatic nitrogens is 2. The number of carbonyl (C=O) groups excluding carboxylic acids is 2. The number of imidazole rings is 1. The number of aryl methyl sites for hydroxylation is 1. The van der Waals surface area contributed by atoms with Gasteiger partial charge in [0, 0.05) is 43.2 Å². The molecule has 1 aliphatic heterocycles. The predicted molar refractivity (Wildman–Crippen MR) is 138 cm³/mol. The molecule has 0 bridgehead atoms. The maximum absolute atomic E-state index is 13.7. The monoisotopic (exact) mass is 486 g/mol. The topological polar surface area (TPSA) is 87.3 Å². The molecule has 0 radical (unpaired) electrons. The van der Waals surface area contributed by atoms with Crippen LogP contribution in [-0.2, 0) is 27.8 Å². The maximum atomic E-state index is 13.7. The Bertz CT molecular complexity index is 1150. The summed E-state index contributed by atoms with van der Waals surface area (Å²) < 4.78 is 5.27. The predicted octanol–water partition coefficient (Wildman–Crippen LogP) is 3.66. The lowest BCUT2D eigenvalue weighted by molar-refractivity contribution is -0.143. The first kappa shape index (κ1) is 24.1. The van der Waals surface area contributed by atoms with Crippen LogP contribution in [0.4, 0.5) is 0 Å².